The Kier molecular flexibility index (Phi) is 2.26. The van der Waals surface area contributed by atoms with Crippen molar-refractivity contribution >= 4 is 0 Å². The van der Waals surface area contributed by atoms with Crippen LogP contribution in [0.1, 0.15) is 25.7 Å². The molecule has 0 aromatic carbocycles. The zero-order chi connectivity index (χ0) is 9.54. The lowest BCUT2D eigenvalue weighted by Gasteiger charge is -2.35. The summed E-state index contributed by atoms with van der Waals surface area (Å²) in [5, 5.41) is 3.51. The fourth-order valence-corrected chi connectivity index (χ4v) is 3.43. The molecule has 3 rings (SSSR count). The predicted molar refractivity (Wildman–Crippen MR) is 54.7 cm³/mol. The maximum atomic E-state index is 6.10. The van der Waals surface area contributed by atoms with Gasteiger partial charge in [0.1, 0.15) is 12.5 Å². The molecule has 3 aliphatic rings. The van der Waals surface area contributed by atoms with Crippen molar-refractivity contribution in [2.24, 2.45) is 11.8 Å². The monoisotopic (exact) mass is 196 g/mol. The summed E-state index contributed by atoms with van der Waals surface area (Å²) >= 11 is 0. The first-order chi connectivity index (χ1) is 6.86. The number of rotatable bonds is 0. The molecule has 4 atom stereocenters. The van der Waals surface area contributed by atoms with Crippen LogP contribution in [0, 0.1) is 11.8 Å². The van der Waals surface area contributed by atoms with Gasteiger partial charge in [0.05, 0.1) is 0 Å². The molecule has 0 spiro atoms. The minimum absolute atomic E-state index is 0.360. The Morgan fingerprint density at radius 2 is 2.07 bits per heavy atom. The zero-order valence-electron chi connectivity index (χ0n) is 8.91. The van der Waals surface area contributed by atoms with Gasteiger partial charge in [-0.3, -0.25) is 10.2 Å². The van der Waals surface area contributed by atoms with Gasteiger partial charge in [0.25, 0.3) is 0 Å². The second-order valence-corrected chi connectivity index (χ2v) is 4.99. The number of hydrogen-bond acceptors (Lipinski definition) is 3. The quantitative estimate of drug-likeness (QED) is 0.626. The third-order valence-electron chi connectivity index (χ3n) is 4.13. The molecule has 3 nitrogen and oxygen atoms in total. The summed E-state index contributed by atoms with van der Waals surface area (Å²) in [5.74, 6) is 1.59. The van der Waals surface area contributed by atoms with E-state index < -0.39 is 0 Å². The minimum atomic E-state index is 0.360. The Labute approximate surface area is 85.8 Å². The highest BCUT2D eigenvalue weighted by molar-refractivity contribution is 4.93. The van der Waals surface area contributed by atoms with E-state index in [1.165, 1.54) is 32.2 Å². The van der Waals surface area contributed by atoms with Crippen molar-refractivity contribution in [3.63, 3.8) is 0 Å². The maximum Gasteiger partial charge on any atom is 0.115 e. The summed E-state index contributed by atoms with van der Waals surface area (Å²) in [5.41, 5.74) is 0. The zero-order valence-corrected chi connectivity index (χ0v) is 8.91. The second kappa shape index (κ2) is 3.47. The number of fused-ring (bicyclic) bond motifs is 3. The van der Waals surface area contributed by atoms with Gasteiger partial charge in [0.2, 0.25) is 0 Å². The van der Waals surface area contributed by atoms with Crippen LogP contribution >= 0.6 is 0 Å². The van der Waals surface area contributed by atoms with Gasteiger partial charge in [0, 0.05) is 18.4 Å². The van der Waals surface area contributed by atoms with Crippen molar-refractivity contribution in [2.45, 2.75) is 38.1 Å². The molecule has 0 aromatic heterocycles. The molecule has 3 heterocycles. The van der Waals surface area contributed by atoms with E-state index in [2.05, 4.69) is 17.3 Å². The van der Waals surface area contributed by atoms with Crippen LogP contribution in [-0.4, -0.2) is 37.5 Å². The molecular formula is C11H20N2O. The molecule has 4 unspecified atom stereocenters. The Morgan fingerprint density at radius 1 is 1.21 bits per heavy atom. The first kappa shape index (κ1) is 9.13. The summed E-state index contributed by atoms with van der Waals surface area (Å²) in [4.78, 5) is 2.40. The van der Waals surface area contributed by atoms with E-state index in [9.17, 15) is 0 Å². The van der Waals surface area contributed by atoms with Crippen LogP contribution in [0.3, 0.4) is 0 Å². The van der Waals surface area contributed by atoms with Crippen molar-refractivity contribution < 1.29 is 4.74 Å². The summed E-state index contributed by atoms with van der Waals surface area (Å²) in [6.45, 7) is 2.35. The van der Waals surface area contributed by atoms with Crippen LogP contribution in [0.15, 0.2) is 0 Å². The molecule has 0 aliphatic carbocycles. The van der Waals surface area contributed by atoms with E-state index in [4.69, 9.17) is 4.74 Å². The number of hydrogen-bond donors (Lipinski definition) is 1. The molecule has 14 heavy (non-hydrogen) atoms. The summed E-state index contributed by atoms with van der Waals surface area (Å²) < 4.78 is 6.10. The van der Waals surface area contributed by atoms with E-state index >= 15 is 0 Å². The van der Waals surface area contributed by atoms with Crippen LogP contribution in [0.4, 0.5) is 0 Å². The third kappa shape index (κ3) is 1.30. The lowest BCUT2D eigenvalue weighted by molar-refractivity contribution is -0.0820. The summed E-state index contributed by atoms with van der Waals surface area (Å²) in [6.07, 6.45) is 6.19. The highest BCUT2D eigenvalue weighted by atomic mass is 16.5. The molecule has 0 radical (unpaired) electrons. The van der Waals surface area contributed by atoms with Gasteiger partial charge in [-0.25, -0.2) is 0 Å². The van der Waals surface area contributed by atoms with Crippen molar-refractivity contribution in [2.75, 3.05) is 20.1 Å². The molecule has 0 aromatic rings. The van der Waals surface area contributed by atoms with Crippen LogP contribution in [-0.2, 0) is 4.74 Å². The highest BCUT2D eigenvalue weighted by Crippen LogP contribution is 2.42. The Bertz CT molecular complexity index is 219. The van der Waals surface area contributed by atoms with Crippen molar-refractivity contribution in [3.8, 4) is 0 Å². The Morgan fingerprint density at radius 3 is 3.00 bits per heavy atom. The van der Waals surface area contributed by atoms with E-state index in [0.717, 1.165) is 18.4 Å². The fraction of sp³-hybridized carbons (Fsp3) is 1.00. The largest absolute Gasteiger partial charge is 0.344 e. The lowest BCUT2D eigenvalue weighted by Crippen LogP contribution is -2.42. The Hall–Kier alpha value is -0.120. The molecule has 0 amide bonds. The summed E-state index contributed by atoms with van der Waals surface area (Å²) in [6, 6.07) is 0. The topological polar surface area (TPSA) is 24.5 Å². The normalized spacial score (nSPS) is 48.6. The smallest absolute Gasteiger partial charge is 0.115 e. The van der Waals surface area contributed by atoms with E-state index in [0.29, 0.717) is 12.5 Å². The third-order valence-corrected chi connectivity index (χ3v) is 4.13. The van der Waals surface area contributed by atoms with Crippen LogP contribution in [0.2, 0.25) is 0 Å². The van der Waals surface area contributed by atoms with Gasteiger partial charge in [-0.1, -0.05) is 0 Å². The number of likely N-dealkylation sites (tertiary alicyclic amines) is 1. The van der Waals surface area contributed by atoms with E-state index in [1.807, 2.05) is 0 Å². The first-order valence-electron chi connectivity index (χ1n) is 5.95. The highest BCUT2D eigenvalue weighted by Gasteiger charge is 2.47. The van der Waals surface area contributed by atoms with E-state index in [-0.39, 0.29) is 0 Å². The molecule has 1 N–H and O–H groups in total. The fourth-order valence-electron chi connectivity index (χ4n) is 3.43. The van der Waals surface area contributed by atoms with Crippen molar-refractivity contribution in [3.05, 3.63) is 0 Å². The molecule has 0 saturated carbocycles. The average Bonchev–Trinajstić information content (AvgIpc) is 2.59. The second-order valence-electron chi connectivity index (χ2n) is 4.99. The lowest BCUT2D eigenvalue weighted by atomic mass is 9.81. The SMILES string of the molecule is CN1CCCC2C3CCCNC3OC21. The molecular weight excluding hydrogens is 176 g/mol. The van der Waals surface area contributed by atoms with Crippen LogP contribution in [0.25, 0.3) is 0 Å². The van der Waals surface area contributed by atoms with Gasteiger partial charge in [-0.05, 0) is 39.3 Å². The first-order valence-corrected chi connectivity index (χ1v) is 5.95. The molecule has 3 heteroatoms. The Balaban J connectivity index is 1.79. The molecule has 0 bridgehead atoms. The van der Waals surface area contributed by atoms with Gasteiger partial charge >= 0.3 is 0 Å². The van der Waals surface area contributed by atoms with E-state index in [1.54, 1.807) is 0 Å². The number of piperidine rings is 2. The van der Waals surface area contributed by atoms with Crippen molar-refractivity contribution in [1.29, 1.82) is 0 Å². The van der Waals surface area contributed by atoms with Crippen molar-refractivity contribution in [1.82, 2.24) is 10.2 Å². The molecule has 3 fully saturated rings. The molecule has 80 valence electrons. The maximum absolute atomic E-state index is 6.10. The van der Waals surface area contributed by atoms with Crippen LogP contribution < -0.4 is 5.32 Å². The number of nitrogens with zero attached hydrogens (tertiary/aromatic N) is 1. The van der Waals surface area contributed by atoms with Gasteiger partial charge in [-0.2, -0.15) is 0 Å². The average molecular weight is 196 g/mol. The minimum Gasteiger partial charge on any atom is -0.344 e. The van der Waals surface area contributed by atoms with Gasteiger partial charge in [0.15, 0.2) is 0 Å². The number of nitrogens with one attached hydrogen (secondary N) is 1. The molecule has 3 saturated heterocycles. The predicted octanol–water partition coefficient (Wildman–Crippen LogP) is 1.01. The summed E-state index contributed by atoms with van der Waals surface area (Å²) in [7, 11) is 2.20. The van der Waals surface area contributed by atoms with Crippen LogP contribution in [0.5, 0.6) is 0 Å². The van der Waals surface area contributed by atoms with Gasteiger partial charge in [-0.15, -0.1) is 0 Å². The standard InChI is InChI=1S/C11H20N2O/c1-13-7-3-5-9-8-4-2-6-12-10(8)14-11(9)13/h8-12H,2-7H2,1H3. The number of ether oxygens (including phenoxy) is 1. The van der Waals surface area contributed by atoms with Gasteiger partial charge < -0.3 is 4.74 Å². The molecule has 3 aliphatic heterocycles.